The molecule has 174 valence electrons. The molecule has 0 saturated carbocycles. The van der Waals surface area contributed by atoms with Crippen molar-refractivity contribution < 1.29 is 27.1 Å². The highest BCUT2D eigenvalue weighted by molar-refractivity contribution is 7.89. The summed E-state index contributed by atoms with van der Waals surface area (Å²) >= 11 is 5.76. The minimum absolute atomic E-state index is 0.0988. The van der Waals surface area contributed by atoms with Crippen molar-refractivity contribution in [3.8, 4) is 0 Å². The fraction of sp³-hybridized carbons (Fsp3) is 0.364. The summed E-state index contributed by atoms with van der Waals surface area (Å²) in [4.78, 5) is 22.9. The smallest absolute Gasteiger partial charge is 0.337 e. The van der Waals surface area contributed by atoms with E-state index < -0.39 is 27.9 Å². The summed E-state index contributed by atoms with van der Waals surface area (Å²) in [7, 11) is -2.49. The highest BCUT2D eigenvalue weighted by atomic mass is 35.5. The van der Waals surface area contributed by atoms with Crippen molar-refractivity contribution in [3.63, 3.8) is 0 Å². The number of amides is 1. The number of methoxy groups -OCH3 is 1. The predicted octanol–water partition coefficient (Wildman–Crippen LogP) is 3.54. The van der Waals surface area contributed by atoms with Crippen LogP contribution in [-0.4, -0.2) is 40.0 Å². The zero-order valence-electron chi connectivity index (χ0n) is 18.0. The quantitative estimate of drug-likeness (QED) is 0.646. The van der Waals surface area contributed by atoms with Crippen LogP contribution in [0.1, 0.15) is 37.0 Å². The topological polar surface area (TPSA) is 102 Å². The van der Waals surface area contributed by atoms with E-state index in [4.69, 9.17) is 11.6 Å². The van der Waals surface area contributed by atoms with Crippen LogP contribution in [0.15, 0.2) is 53.4 Å². The Kier molecular flexibility index (Phi) is 8.77. The van der Waals surface area contributed by atoms with Crippen molar-refractivity contribution in [1.29, 1.82) is 0 Å². The van der Waals surface area contributed by atoms with Gasteiger partial charge in [-0.2, -0.15) is 4.72 Å². The Bertz CT molecular complexity index is 1060. The Morgan fingerprint density at radius 3 is 2.47 bits per heavy atom. The zero-order valence-corrected chi connectivity index (χ0v) is 19.6. The van der Waals surface area contributed by atoms with Gasteiger partial charge in [0.15, 0.2) is 0 Å². The third kappa shape index (κ3) is 7.58. The molecule has 0 spiro atoms. The first-order valence-electron chi connectivity index (χ1n) is 9.83. The first kappa shape index (κ1) is 25.8. The van der Waals surface area contributed by atoms with E-state index in [1.165, 1.54) is 49.6 Å². The van der Waals surface area contributed by atoms with Crippen molar-refractivity contribution in [2.24, 2.45) is 5.41 Å². The van der Waals surface area contributed by atoms with Gasteiger partial charge in [-0.25, -0.2) is 17.6 Å². The van der Waals surface area contributed by atoms with E-state index >= 15 is 0 Å². The molecule has 1 atom stereocenters. The van der Waals surface area contributed by atoms with Gasteiger partial charge >= 0.3 is 5.97 Å². The Hall–Kier alpha value is -2.49. The number of carbonyl (C=O) groups is 2. The van der Waals surface area contributed by atoms with Crippen molar-refractivity contribution in [3.05, 3.63) is 64.9 Å². The van der Waals surface area contributed by atoms with Gasteiger partial charge in [0.2, 0.25) is 15.9 Å². The fourth-order valence-corrected chi connectivity index (χ4v) is 4.41. The lowest BCUT2D eigenvalue weighted by atomic mass is 9.84. The molecule has 32 heavy (non-hydrogen) atoms. The van der Waals surface area contributed by atoms with Crippen molar-refractivity contribution in [1.82, 2.24) is 10.0 Å². The molecule has 1 saturated heterocycles. The highest BCUT2D eigenvalue weighted by Gasteiger charge is 2.34. The van der Waals surface area contributed by atoms with Crippen molar-refractivity contribution in [2.45, 2.75) is 37.6 Å². The lowest BCUT2D eigenvalue weighted by Gasteiger charge is -2.25. The monoisotopic (exact) mass is 484 g/mol. The van der Waals surface area contributed by atoms with Crippen LogP contribution in [-0.2, 0) is 19.6 Å². The molecule has 0 aliphatic carbocycles. The van der Waals surface area contributed by atoms with Crippen LogP contribution < -0.4 is 10.0 Å². The van der Waals surface area contributed by atoms with E-state index in [9.17, 15) is 22.4 Å². The van der Waals surface area contributed by atoms with Gasteiger partial charge in [-0.1, -0.05) is 31.5 Å². The van der Waals surface area contributed by atoms with Crippen LogP contribution >= 0.6 is 11.6 Å². The molecule has 1 aliphatic rings. The van der Waals surface area contributed by atoms with Crippen molar-refractivity contribution in [2.75, 3.05) is 13.7 Å². The number of carbonyl (C=O) groups excluding carboxylic acids is 2. The minimum atomic E-state index is -3.75. The minimum Gasteiger partial charge on any atom is -0.465 e. The number of hydrogen-bond acceptors (Lipinski definition) is 5. The molecule has 2 aromatic carbocycles. The average molecular weight is 485 g/mol. The van der Waals surface area contributed by atoms with Crippen LogP contribution in [0.4, 0.5) is 4.39 Å². The number of benzene rings is 2. The molecular weight excluding hydrogens is 459 g/mol. The highest BCUT2D eigenvalue weighted by Crippen LogP contribution is 2.29. The summed E-state index contributed by atoms with van der Waals surface area (Å²) in [6.45, 7) is 4.61. The molecule has 0 bridgehead atoms. The number of halogens is 2. The molecule has 1 fully saturated rings. The van der Waals surface area contributed by atoms with Gasteiger partial charge < -0.3 is 10.1 Å². The molecule has 2 N–H and O–H groups in total. The first-order valence-corrected chi connectivity index (χ1v) is 11.7. The lowest BCUT2D eigenvalue weighted by molar-refractivity contribution is -0.122. The van der Waals surface area contributed by atoms with E-state index in [1.54, 1.807) is 0 Å². The third-order valence-corrected chi connectivity index (χ3v) is 6.58. The van der Waals surface area contributed by atoms with Crippen LogP contribution in [0.25, 0.3) is 0 Å². The van der Waals surface area contributed by atoms with E-state index in [-0.39, 0.29) is 21.8 Å². The number of esters is 1. The van der Waals surface area contributed by atoms with Gasteiger partial charge in [-0.05, 0) is 60.7 Å². The van der Waals surface area contributed by atoms with E-state index in [1.807, 2.05) is 13.8 Å². The standard InChI is InChI=1S/C14H19ClN2O3S.C8H7FO2/c1-14(2)7-8-16-13(18)12(9-14)17-21(19,20)11-5-3-10(15)4-6-11;1-11-8(10)6-3-2-4-7(9)5-6/h3-6,12,17H,7-9H2,1-2H3,(H,16,18);2-5H,1H3/t12-;/m1./s1. The molecular formula is C22H26ClFN2O5S. The average Bonchev–Trinajstić information content (AvgIpc) is 2.85. The van der Waals surface area contributed by atoms with Gasteiger partial charge in [0, 0.05) is 11.6 Å². The number of sulfonamides is 1. The molecule has 0 unspecified atom stereocenters. The Morgan fingerprint density at radius 1 is 1.22 bits per heavy atom. The summed E-state index contributed by atoms with van der Waals surface area (Å²) in [5, 5.41) is 3.21. The second-order valence-electron chi connectivity index (χ2n) is 8.04. The summed E-state index contributed by atoms with van der Waals surface area (Å²) in [6.07, 6.45) is 1.28. The maximum Gasteiger partial charge on any atom is 0.337 e. The normalized spacial score (nSPS) is 17.9. The van der Waals surface area contributed by atoms with Crippen LogP contribution in [0.2, 0.25) is 5.02 Å². The zero-order chi connectivity index (χ0) is 23.9. The largest absolute Gasteiger partial charge is 0.465 e. The number of nitrogens with one attached hydrogen (secondary N) is 2. The van der Waals surface area contributed by atoms with E-state index in [0.29, 0.717) is 18.0 Å². The number of rotatable bonds is 4. The van der Waals surface area contributed by atoms with Crippen LogP contribution in [0, 0.1) is 11.2 Å². The van der Waals surface area contributed by atoms with E-state index in [0.717, 1.165) is 12.5 Å². The second kappa shape index (κ2) is 10.9. The summed E-state index contributed by atoms with van der Waals surface area (Å²) < 4.78 is 44.0. The molecule has 10 heteroatoms. The molecule has 3 rings (SSSR count). The summed E-state index contributed by atoms with van der Waals surface area (Å²) in [6, 6.07) is 10.5. The molecule has 1 heterocycles. The second-order valence-corrected chi connectivity index (χ2v) is 10.2. The molecule has 1 amide bonds. The first-order chi connectivity index (χ1) is 14.9. The molecule has 1 aliphatic heterocycles. The molecule has 0 radical (unpaired) electrons. The number of hydrogen-bond donors (Lipinski definition) is 2. The molecule has 2 aromatic rings. The molecule has 7 nitrogen and oxygen atoms in total. The SMILES string of the molecule is CC1(C)CCNC(=O)[C@H](NS(=O)(=O)c2ccc(Cl)cc2)C1.COC(=O)c1cccc(F)c1. The maximum absolute atomic E-state index is 12.5. The fourth-order valence-electron chi connectivity index (χ4n) is 3.09. The van der Waals surface area contributed by atoms with Gasteiger partial charge in [-0.15, -0.1) is 0 Å². The Morgan fingerprint density at radius 2 is 1.88 bits per heavy atom. The van der Waals surface area contributed by atoms with Crippen LogP contribution in [0.5, 0.6) is 0 Å². The molecule has 0 aromatic heterocycles. The predicted molar refractivity (Wildman–Crippen MR) is 119 cm³/mol. The van der Waals surface area contributed by atoms with Gasteiger partial charge in [0.25, 0.3) is 0 Å². The van der Waals surface area contributed by atoms with Crippen molar-refractivity contribution >= 4 is 33.5 Å². The van der Waals surface area contributed by atoms with Gasteiger partial charge in [-0.3, -0.25) is 4.79 Å². The van der Waals surface area contributed by atoms with Gasteiger partial charge in [0.1, 0.15) is 11.9 Å². The Labute approximate surface area is 192 Å². The third-order valence-electron chi connectivity index (χ3n) is 4.84. The Balaban J connectivity index is 0.000000278. The summed E-state index contributed by atoms with van der Waals surface area (Å²) in [5.74, 6) is -1.24. The maximum atomic E-state index is 12.5. The lowest BCUT2D eigenvalue weighted by Crippen LogP contribution is -2.46. The van der Waals surface area contributed by atoms with Gasteiger partial charge in [0.05, 0.1) is 17.6 Å². The van der Waals surface area contributed by atoms with Crippen LogP contribution in [0.3, 0.4) is 0 Å². The van der Waals surface area contributed by atoms with E-state index in [2.05, 4.69) is 14.8 Å². The number of ether oxygens (including phenoxy) is 1. The summed E-state index contributed by atoms with van der Waals surface area (Å²) in [5.41, 5.74) is 0.124.